The first-order valence-electron chi connectivity index (χ1n) is 8.82. The van der Waals surface area contributed by atoms with Crippen LogP contribution in [0.2, 0.25) is 0 Å². The lowest BCUT2D eigenvalue weighted by molar-refractivity contribution is 0.000576. The van der Waals surface area contributed by atoms with Crippen LogP contribution >= 0.6 is 0 Å². The lowest BCUT2D eigenvalue weighted by Crippen LogP contribution is -2.36. The molecule has 0 amide bonds. The van der Waals surface area contributed by atoms with Crippen LogP contribution in [0, 0.1) is 0 Å². The average molecular weight is 346 g/mol. The number of nitrogens with zero attached hydrogens (tertiary/aromatic N) is 2. The Morgan fingerprint density at radius 3 is 2.68 bits per heavy atom. The van der Waals surface area contributed by atoms with Crippen LogP contribution in [0.15, 0.2) is 34.9 Å². The van der Waals surface area contributed by atoms with Gasteiger partial charge >= 0.3 is 0 Å². The second-order valence-corrected chi connectivity index (χ2v) is 6.30. The van der Waals surface area contributed by atoms with E-state index in [4.69, 9.17) is 19.0 Å². The van der Waals surface area contributed by atoms with Crippen molar-refractivity contribution >= 4 is 0 Å². The fraction of sp³-hybridized carbons (Fsp3) is 0.526. The van der Waals surface area contributed by atoms with Crippen LogP contribution in [0.4, 0.5) is 0 Å². The van der Waals surface area contributed by atoms with E-state index in [1.54, 1.807) is 13.4 Å². The topological polar surface area (TPSA) is 68.0 Å². The van der Waals surface area contributed by atoms with Crippen molar-refractivity contribution in [1.82, 2.24) is 9.88 Å². The van der Waals surface area contributed by atoms with Gasteiger partial charge < -0.3 is 19.0 Å². The van der Waals surface area contributed by atoms with E-state index < -0.39 is 0 Å². The van der Waals surface area contributed by atoms with E-state index in [0.717, 1.165) is 49.5 Å². The summed E-state index contributed by atoms with van der Waals surface area (Å²) >= 11 is 0. The van der Waals surface area contributed by atoms with Gasteiger partial charge in [-0.25, -0.2) is 4.98 Å². The lowest BCUT2D eigenvalue weighted by atomic mass is 10.1. The van der Waals surface area contributed by atoms with Gasteiger partial charge in [-0.1, -0.05) is 0 Å². The SMILES string of the molecule is COc1ccc(-c2nc(CN3CCC(OCCCO)CC3)co2)cc1. The molecule has 1 aromatic carbocycles. The van der Waals surface area contributed by atoms with Crippen LogP contribution in [0.1, 0.15) is 25.0 Å². The first-order valence-corrected chi connectivity index (χ1v) is 8.82. The summed E-state index contributed by atoms with van der Waals surface area (Å²) in [7, 11) is 1.65. The zero-order valence-corrected chi connectivity index (χ0v) is 14.7. The van der Waals surface area contributed by atoms with Crippen molar-refractivity contribution in [2.24, 2.45) is 0 Å². The molecule has 2 aromatic rings. The molecular weight excluding hydrogens is 320 g/mol. The summed E-state index contributed by atoms with van der Waals surface area (Å²) < 4.78 is 16.6. The van der Waals surface area contributed by atoms with Crippen molar-refractivity contribution in [3.05, 3.63) is 36.2 Å². The van der Waals surface area contributed by atoms with E-state index in [0.29, 0.717) is 25.0 Å². The van der Waals surface area contributed by atoms with E-state index in [9.17, 15) is 0 Å². The molecule has 0 spiro atoms. The maximum absolute atomic E-state index is 8.80. The molecule has 1 N–H and O–H groups in total. The molecule has 136 valence electrons. The third-order valence-electron chi connectivity index (χ3n) is 4.46. The molecule has 1 fully saturated rings. The van der Waals surface area contributed by atoms with E-state index >= 15 is 0 Å². The number of methoxy groups -OCH3 is 1. The highest BCUT2D eigenvalue weighted by Crippen LogP contribution is 2.23. The lowest BCUT2D eigenvalue weighted by Gasteiger charge is -2.31. The van der Waals surface area contributed by atoms with Crippen molar-refractivity contribution < 1.29 is 19.0 Å². The van der Waals surface area contributed by atoms with E-state index in [1.165, 1.54) is 0 Å². The van der Waals surface area contributed by atoms with Crippen LogP contribution < -0.4 is 4.74 Å². The summed E-state index contributed by atoms with van der Waals surface area (Å²) in [4.78, 5) is 6.98. The van der Waals surface area contributed by atoms with Gasteiger partial charge in [0.15, 0.2) is 0 Å². The second kappa shape index (κ2) is 8.99. The number of hydrogen-bond donors (Lipinski definition) is 1. The Bertz CT molecular complexity index is 633. The van der Waals surface area contributed by atoms with Gasteiger partial charge in [-0.3, -0.25) is 4.90 Å². The number of hydrogen-bond acceptors (Lipinski definition) is 6. The standard InChI is InChI=1S/C19H26N2O4/c1-23-17-5-3-15(4-6-17)19-20-16(14-25-19)13-21-9-7-18(8-10-21)24-12-2-11-22/h3-6,14,18,22H,2,7-13H2,1H3. The molecule has 0 atom stereocenters. The number of aliphatic hydroxyl groups excluding tert-OH is 1. The van der Waals surface area contributed by atoms with Crippen LogP contribution in [-0.2, 0) is 11.3 Å². The second-order valence-electron chi connectivity index (χ2n) is 6.30. The Morgan fingerprint density at radius 1 is 1.24 bits per heavy atom. The number of aliphatic hydroxyl groups is 1. The van der Waals surface area contributed by atoms with E-state index in [1.807, 2.05) is 24.3 Å². The Labute approximate surface area is 148 Å². The molecule has 0 unspecified atom stereocenters. The summed E-state index contributed by atoms with van der Waals surface area (Å²) in [6.07, 6.45) is 4.81. The predicted molar refractivity (Wildman–Crippen MR) is 94.4 cm³/mol. The molecule has 1 aromatic heterocycles. The number of likely N-dealkylation sites (tertiary alicyclic amines) is 1. The third kappa shape index (κ3) is 5.04. The molecule has 3 rings (SSSR count). The summed E-state index contributed by atoms with van der Waals surface area (Å²) in [6, 6.07) is 7.70. The average Bonchev–Trinajstić information content (AvgIpc) is 3.12. The van der Waals surface area contributed by atoms with Crippen molar-refractivity contribution in [2.75, 3.05) is 33.4 Å². The van der Waals surface area contributed by atoms with Crippen LogP contribution in [-0.4, -0.2) is 54.5 Å². The maximum atomic E-state index is 8.80. The molecule has 1 aliphatic rings. The van der Waals surface area contributed by atoms with Crippen LogP contribution in [0.25, 0.3) is 11.5 Å². The van der Waals surface area contributed by atoms with Crippen molar-refractivity contribution in [3.8, 4) is 17.2 Å². The zero-order chi connectivity index (χ0) is 17.5. The molecule has 6 heteroatoms. The van der Waals surface area contributed by atoms with Crippen molar-refractivity contribution in [1.29, 1.82) is 0 Å². The highest BCUT2D eigenvalue weighted by Gasteiger charge is 2.20. The molecule has 25 heavy (non-hydrogen) atoms. The Balaban J connectivity index is 1.49. The Morgan fingerprint density at radius 2 is 2.00 bits per heavy atom. The number of benzene rings is 1. The monoisotopic (exact) mass is 346 g/mol. The summed E-state index contributed by atoms with van der Waals surface area (Å²) in [5, 5.41) is 8.80. The smallest absolute Gasteiger partial charge is 0.226 e. The number of ether oxygens (including phenoxy) is 2. The van der Waals surface area contributed by atoms with Gasteiger partial charge in [-0.05, 0) is 43.5 Å². The van der Waals surface area contributed by atoms with E-state index in [2.05, 4.69) is 9.88 Å². The summed E-state index contributed by atoms with van der Waals surface area (Å²) in [5.74, 6) is 1.46. The minimum atomic E-state index is 0.196. The quantitative estimate of drug-likeness (QED) is 0.741. The summed E-state index contributed by atoms with van der Waals surface area (Å²) in [6.45, 7) is 3.63. The summed E-state index contributed by atoms with van der Waals surface area (Å²) in [5.41, 5.74) is 1.90. The number of aromatic nitrogens is 1. The first kappa shape index (κ1) is 17.9. The highest BCUT2D eigenvalue weighted by atomic mass is 16.5. The first-order chi connectivity index (χ1) is 12.3. The van der Waals surface area contributed by atoms with Gasteiger partial charge in [0.1, 0.15) is 12.0 Å². The largest absolute Gasteiger partial charge is 0.497 e. The van der Waals surface area contributed by atoms with E-state index in [-0.39, 0.29) is 6.61 Å². The van der Waals surface area contributed by atoms with Crippen LogP contribution in [0.3, 0.4) is 0 Å². The molecule has 0 aliphatic carbocycles. The normalized spacial score (nSPS) is 16.2. The highest BCUT2D eigenvalue weighted by molar-refractivity contribution is 5.54. The molecule has 0 bridgehead atoms. The molecule has 6 nitrogen and oxygen atoms in total. The Kier molecular flexibility index (Phi) is 6.44. The number of oxazole rings is 1. The molecule has 2 heterocycles. The minimum Gasteiger partial charge on any atom is -0.497 e. The molecule has 0 saturated carbocycles. The Hall–Kier alpha value is -1.89. The molecule has 0 radical (unpaired) electrons. The van der Waals surface area contributed by atoms with Gasteiger partial charge in [0, 0.05) is 38.4 Å². The van der Waals surface area contributed by atoms with Gasteiger partial charge in [0.25, 0.3) is 0 Å². The van der Waals surface area contributed by atoms with Gasteiger partial charge in [0.05, 0.1) is 18.9 Å². The molecule has 1 aliphatic heterocycles. The zero-order valence-electron chi connectivity index (χ0n) is 14.7. The fourth-order valence-electron chi connectivity index (χ4n) is 3.02. The van der Waals surface area contributed by atoms with Gasteiger partial charge in [-0.15, -0.1) is 0 Å². The minimum absolute atomic E-state index is 0.196. The van der Waals surface area contributed by atoms with Crippen LogP contribution in [0.5, 0.6) is 5.75 Å². The van der Waals surface area contributed by atoms with Crippen molar-refractivity contribution in [3.63, 3.8) is 0 Å². The fourth-order valence-corrected chi connectivity index (χ4v) is 3.02. The molecular formula is C19H26N2O4. The molecule has 1 saturated heterocycles. The van der Waals surface area contributed by atoms with Gasteiger partial charge in [-0.2, -0.15) is 0 Å². The maximum Gasteiger partial charge on any atom is 0.226 e. The van der Waals surface area contributed by atoms with Gasteiger partial charge in [0.2, 0.25) is 5.89 Å². The number of rotatable bonds is 8. The van der Waals surface area contributed by atoms with Crippen molar-refractivity contribution in [2.45, 2.75) is 31.9 Å². The number of piperidine rings is 1. The predicted octanol–water partition coefficient (Wildman–Crippen LogP) is 2.71. The third-order valence-corrected chi connectivity index (χ3v) is 4.46.